The van der Waals surface area contributed by atoms with E-state index in [0.717, 1.165) is 28.7 Å². The fraction of sp³-hybridized carbons (Fsp3) is 0.467. The highest BCUT2D eigenvalue weighted by molar-refractivity contribution is 7.98. The quantitative estimate of drug-likeness (QED) is 0.780. The van der Waals surface area contributed by atoms with E-state index < -0.39 is 5.97 Å². The number of carbonyl (C=O) groups is 2. The van der Waals surface area contributed by atoms with Gasteiger partial charge >= 0.3 is 5.97 Å². The number of nitrogens with zero attached hydrogens (tertiary/aromatic N) is 1. The summed E-state index contributed by atoms with van der Waals surface area (Å²) in [6.07, 6.45) is 5.59. The Bertz CT molecular complexity index is 537. The predicted molar refractivity (Wildman–Crippen MR) is 90.3 cm³/mol. The van der Waals surface area contributed by atoms with Gasteiger partial charge in [0.25, 0.3) is 5.91 Å². The van der Waals surface area contributed by atoms with E-state index >= 15 is 0 Å². The smallest absolute Gasteiger partial charge is 0.328 e. The van der Waals surface area contributed by atoms with Gasteiger partial charge in [0.05, 0.1) is 4.88 Å². The second-order valence-electron chi connectivity index (χ2n) is 4.76. The Balaban J connectivity index is 2.92. The van der Waals surface area contributed by atoms with Crippen LogP contribution in [0.25, 0.3) is 6.08 Å². The number of hydrogen-bond acceptors (Lipinski definition) is 4. The van der Waals surface area contributed by atoms with E-state index in [9.17, 15) is 9.59 Å². The highest BCUT2D eigenvalue weighted by Gasteiger charge is 2.21. The summed E-state index contributed by atoms with van der Waals surface area (Å²) < 4.78 is 0. The minimum atomic E-state index is -0.987. The van der Waals surface area contributed by atoms with E-state index in [1.54, 1.807) is 16.7 Å². The lowest BCUT2D eigenvalue weighted by Crippen LogP contribution is -2.37. The zero-order valence-corrected chi connectivity index (χ0v) is 14.4. The van der Waals surface area contributed by atoms with Gasteiger partial charge in [-0.15, -0.1) is 11.3 Å². The first-order valence-electron chi connectivity index (χ1n) is 6.68. The number of aliphatic carboxylic acids is 1. The van der Waals surface area contributed by atoms with Crippen molar-refractivity contribution in [3.63, 3.8) is 0 Å². The van der Waals surface area contributed by atoms with Gasteiger partial charge in [0.2, 0.25) is 0 Å². The van der Waals surface area contributed by atoms with Crippen molar-refractivity contribution < 1.29 is 14.7 Å². The molecule has 4 nitrogen and oxygen atoms in total. The molecule has 1 N–H and O–H groups in total. The largest absolute Gasteiger partial charge is 0.478 e. The van der Waals surface area contributed by atoms with Crippen LogP contribution in [-0.2, 0) is 4.79 Å². The van der Waals surface area contributed by atoms with Crippen LogP contribution >= 0.6 is 23.1 Å². The van der Waals surface area contributed by atoms with Gasteiger partial charge < -0.3 is 10.0 Å². The molecule has 21 heavy (non-hydrogen) atoms. The zero-order chi connectivity index (χ0) is 16.0. The molecule has 1 aromatic rings. The molecule has 0 aliphatic rings. The average molecular weight is 327 g/mol. The number of amides is 1. The predicted octanol–water partition coefficient (Wildman–Crippen LogP) is 3.37. The van der Waals surface area contributed by atoms with Crippen LogP contribution in [0.3, 0.4) is 0 Å². The molecule has 1 unspecified atom stereocenters. The van der Waals surface area contributed by atoms with Crippen molar-refractivity contribution in [3.05, 3.63) is 27.5 Å². The second kappa shape index (κ2) is 8.24. The minimum absolute atomic E-state index is 0.000949. The fourth-order valence-corrected chi connectivity index (χ4v) is 3.85. The van der Waals surface area contributed by atoms with Crippen LogP contribution in [0, 0.1) is 6.92 Å². The van der Waals surface area contributed by atoms with Crippen molar-refractivity contribution in [1.29, 1.82) is 0 Å². The molecule has 0 spiro atoms. The number of hydrogen-bond donors (Lipinski definition) is 1. The first-order valence-corrected chi connectivity index (χ1v) is 8.89. The number of carboxylic acids is 1. The maximum atomic E-state index is 12.5. The summed E-state index contributed by atoms with van der Waals surface area (Å²) >= 11 is 3.06. The highest BCUT2D eigenvalue weighted by Crippen LogP contribution is 2.25. The summed E-state index contributed by atoms with van der Waals surface area (Å²) in [5.41, 5.74) is 0.923. The second-order valence-corrected chi connectivity index (χ2v) is 6.76. The lowest BCUT2D eigenvalue weighted by atomic mass is 10.2. The van der Waals surface area contributed by atoms with E-state index in [2.05, 4.69) is 6.92 Å². The van der Waals surface area contributed by atoms with Gasteiger partial charge in [-0.25, -0.2) is 4.79 Å². The Morgan fingerprint density at radius 3 is 2.71 bits per heavy atom. The normalized spacial score (nSPS) is 12.6. The van der Waals surface area contributed by atoms with Gasteiger partial charge in [-0.1, -0.05) is 6.92 Å². The van der Waals surface area contributed by atoms with Crippen LogP contribution in [0.5, 0.6) is 0 Å². The first-order chi connectivity index (χ1) is 9.90. The molecule has 0 aliphatic carbocycles. The summed E-state index contributed by atoms with van der Waals surface area (Å²) in [6.45, 7) is 3.96. The summed E-state index contributed by atoms with van der Waals surface area (Å²) in [6, 6.07) is 2.05. The van der Waals surface area contributed by atoms with Crippen LogP contribution in [0.2, 0.25) is 0 Å². The lowest BCUT2D eigenvalue weighted by Gasteiger charge is -2.26. The summed E-state index contributed by atoms with van der Waals surface area (Å²) in [5, 5.41) is 8.67. The number of carbonyl (C=O) groups excluding carboxylic acids is 1. The molecule has 116 valence electrons. The van der Waals surface area contributed by atoms with Gasteiger partial charge in [0, 0.05) is 29.8 Å². The topological polar surface area (TPSA) is 57.6 Å². The molecule has 1 aromatic heterocycles. The number of carboxylic acid groups (broad SMARTS) is 1. The molecule has 0 radical (unpaired) electrons. The third kappa shape index (κ3) is 4.89. The molecule has 0 saturated carbocycles. The lowest BCUT2D eigenvalue weighted by molar-refractivity contribution is -0.131. The SMILES string of the molecule is CCC(CSC)N(C)C(=O)c1cc(C)c(/C=C/C(=O)O)s1. The van der Waals surface area contributed by atoms with Gasteiger partial charge in [-0.3, -0.25) is 4.79 Å². The molecule has 1 heterocycles. The van der Waals surface area contributed by atoms with E-state index in [1.807, 2.05) is 26.3 Å². The number of thioether (sulfide) groups is 1. The molecule has 0 aliphatic heterocycles. The van der Waals surface area contributed by atoms with Crippen LogP contribution < -0.4 is 0 Å². The highest BCUT2D eigenvalue weighted by atomic mass is 32.2. The third-order valence-corrected chi connectivity index (χ3v) is 5.15. The molecule has 1 amide bonds. The van der Waals surface area contributed by atoms with Crippen LogP contribution in [0.15, 0.2) is 12.1 Å². The molecule has 0 aromatic carbocycles. The fourth-order valence-electron chi connectivity index (χ4n) is 1.95. The Kier molecular flexibility index (Phi) is 6.98. The average Bonchev–Trinajstić information content (AvgIpc) is 2.82. The van der Waals surface area contributed by atoms with Crippen molar-refractivity contribution in [3.8, 4) is 0 Å². The van der Waals surface area contributed by atoms with Crippen molar-refractivity contribution in [2.45, 2.75) is 26.3 Å². The maximum absolute atomic E-state index is 12.5. The number of rotatable bonds is 7. The summed E-state index contributed by atoms with van der Waals surface area (Å²) in [4.78, 5) is 26.3. The van der Waals surface area contributed by atoms with Gasteiger partial charge in [-0.2, -0.15) is 11.8 Å². The first kappa shape index (κ1) is 17.8. The van der Waals surface area contributed by atoms with Crippen molar-refractivity contribution in [2.75, 3.05) is 19.1 Å². The standard InChI is InChI=1S/C15H21NO3S2/c1-5-11(9-20-4)16(3)15(19)13-8-10(2)12(21-13)6-7-14(17)18/h6-8,11H,5,9H2,1-4H3,(H,17,18)/b7-6+. The molecular formula is C15H21NO3S2. The Morgan fingerprint density at radius 1 is 1.52 bits per heavy atom. The monoisotopic (exact) mass is 327 g/mol. The molecular weight excluding hydrogens is 306 g/mol. The van der Waals surface area contributed by atoms with Gasteiger partial charge in [0.15, 0.2) is 0 Å². The van der Waals surface area contributed by atoms with Crippen molar-refractivity contribution in [2.24, 2.45) is 0 Å². The molecule has 0 bridgehead atoms. The molecule has 0 fully saturated rings. The zero-order valence-electron chi connectivity index (χ0n) is 12.8. The van der Waals surface area contributed by atoms with Crippen molar-refractivity contribution >= 4 is 41.1 Å². The van der Waals surface area contributed by atoms with Crippen LogP contribution in [0.4, 0.5) is 0 Å². The minimum Gasteiger partial charge on any atom is -0.478 e. The summed E-state index contributed by atoms with van der Waals surface area (Å²) in [7, 11) is 1.83. The van der Waals surface area contributed by atoms with Gasteiger partial charge in [0.1, 0.15) is 0 Å². The van der Waals surface area contributed by atoms with E-state index in [4.69, 9.17) is 5.11 Å². The summed E-state index contributed by atoms with van der Waals surface area (Å²) in [5.74, 6) is -0.0766. The number of aryl methyl sites for hydroxylation is 1. The molecule has 0 saturated heterocycles. The van der Waals surface area contributed by atoms with Crippen LogP contribution in [-0.4, -0.2) is 47.0 Å². The molecule has 1 atom stereocenters. The number of thiophene rings is 1. The molecule has 1 rings (SSSR count). The Labute approximate surface area is 133 Å². The van der Waals surface area contributed by atoms with Crippen LogP contribution in [0.1, 0.15) is 33.5 Å². The maximum Gasteiger partial charge on any atom is 0.328 e. The molecule has 6 heteroatoms. The van der Waals surface area contributed by atoms with Crippen molar-refractivity contribution in [1.82, 2.24) is 4.90 Å². The van der Waals surface area contributed by atoms with E-state index in [1.165, 1.54) is 17.4 Å². The Morgan fingerprint density at radius 2 is 2.19 bits per heavy atom. The van der Waals surface area contributed by atoms with E-state index in [-0.39, 0.29) is 11.9 Å². The Hall–Kier alpha value is -1.27. The third-order valence-electron chi connectivity index (χ3n) is 3.24. The van der Waals surface area contributed by atoms with E-state index in [0.29, 0.717) is 4.88 Å². The van der Waals surface area contributed by atoms with Gasteiger partial charge in [-0.05, 0) is 37.3 Å².